The zero-order valence-electron chi connectivity index (χ0n) is 11.3. The average molecular weight is 250 g/mol. The average Bonchev–Trinajstić information content (AvgIpc) is 2.83. The van der Waals surface area contributed by atoms with Crippen LogP contribution in [0, 0.1) is 0 Å². The van der Waals surface area contributed by atoms with Gasteiger partial charge in [0.05, 0.1) is 0 Å². The van der Waals surface area contributed by atoms with Gasteiger partial charge in [-0.2, -0.15) is 0 Å². The van der Waals surface area contributed by atoms with Crippen molar-refractivity contribution in [2.45, 2.75) is 18.8 Å². The fraction of sp³-hybridized carbons (Fsp3) is 0.571. The lowest BCUT2D eigenvalue weighted by atomic mass is 10.1. The summed E-state index contributed by atoms with van der Waals surface area (Å²) in [6.45, 7) is 2.65. The van der Waals surface area contributed by atoms with Crippen molar-refractivity contribution >= 4 is 5.69 Å². The number of anilines is 1. The van der Waals surface area contributed by atoms with Gasteiger partial charge in [-0.15, -0.1) is 0 Å². The van der Waals surface area contributed by atoms with Gasteiger partial charge in [0.15, 0.2) is 0 Å². The molecule has 0 bridgehead atoms. The first kappa shape index (κ1) is 13.3. The Labute approximate surface area is 109 Å². The van der Waals surface area contributed by atoms with E-state index in [1.54, 1.807) is 14.2 Å². The van der Waals surface area contributed by atoms with Crippen LogP contribution in [0.3, 0.4) is 0 Å². The van der Waals surface area contributed by atoms with Gasteiger partial charge in [-0.25, -0.2) is 0 Å². The first-order chi connectivity index (χ1) is 8.80. The minimum atomic E-state index is 0.151. The molecule has 1 N–H and O–H groups in total. The second-order valence-electron chi connectivity index (χ2n) is 4.61. The number of nitrogens with one attached hydrogen (secondary N) is 1. The molecule has 1 aliphatic heterocycles. The summed E-state index contributed by atoms with van der Waals surface area (Å²) >= 11 is 0. The van der Waals surface area contributed by atoms with Gasteiger partial charge < -0.3 is 19.7 Å². The molecule has 2 rings (SSSR count). The van der Waals surface area contributed by atoms with E-state index in [4.69, 9.17) is 9.47 Å². The topological polar surface area (TPSA) is 33.7 Å². The Kier molecular flexibility index (Phi) is 4.58. The van der Waals surface area contributed by atoms with Gasteiger partial charge in [0, 0.05) is 39.5 Å². The highest BCUT2D eigenvalue weighted by Crippen LogP contribution is 2.26. The second kappa shape index (κ2) is 6.18. The number of para-hydroxylation sites is 1. The highest BCUT2D eigenvalue weighted by Gasteiger charge is 2.33. The zero-order valence-corrected chi connectivity index (χ0v) is 11.3. The highest BCUT2D eigenvalue weighted by atomic mass is 16.5. The molecule has 0 amide bonds. The highest BCUT2D eigenvalue weighted by molar-refractivity contribution is 5.55. The molecule has 1 fully saturated rings. The molecule has 0 spiro atoms. The van der Waals surface area contributed by atoms with Gasteiger partial charge in [0.2, 0.25) is 0 Å². The lowest BCUT2D eigenvalue weighted by Gasteiger charge is -2.21. The first-order valence-electron chi connectivity index (χ1n) is 6.33. The van der Waals surface area contributed by atoms with Gasteiger partial charge in [-0.3, -0.25) is 0 Å². The second-order valence-corrected chi connectivity index (χ2v) is 4.61. The third-order valence-corrected chi connectivity index (χ3v) is 3.52. The van der Waals surface area contributed by atoms with E-state index in [0.29, 0.717) is 0 Å². The van der Waals surface area contributed by atoms with E-state index < -0.39 is 0 Å². The normalized spacial score (nSPS) is 23.6. The van der Waals surface area contributed by atoms with E-state index in [-0.39, 0.29) is 12.2 Å². The summed E-state index contributed by atoms with van der Waals surface area (Å²) in [4.78, 5) is 2.34. The number of rotatable bonds is 5. The van der Waals surface area contributed by atoms with Crippen molar-refractivity contribution in [2.24, 2.45) is 0 Å². The largest absolute Gasteiger partial charge is 0.377 e. The molecule has 4 nitrogen and oxygen atoms in total. The van der Waals surface area contributed by atoms with Crippen molar-refractivity contribution in [3.05, 3.63) is 29.8 Å². The molecule has 18 heavy (non-hydrogen) atoms. The fourth-order valence-corrected chi connectivity index (χ4v) is 2.55. The maximum atomic E-state index is 5.48. The van der Waals surface area contributed by atoms with Crippen molar-refractivity contribution in [3.63, 3.8) is 0 Å². The van der Waals surface area contributed by atoms with Crippen molar-refractivity contribution in [3.8, 4) is 0 Å². The van der Waals surface area contributed by atoms with E-state index >= 15 is 0 Å². The SMILES string of the molecule is CNCc1ccccc1N1CC(OC)C(OC)C1. The summed E-state index contributed by atoms with van der Waals surface area (Å²) in [5, 5.41) is 3.21. The van der Waals surface area contributed by atoms with E-state index in [9.17, 15) is 0 Å². The zero-order chi connectivity index (χ0) is 13.0. The molecule has 1 aromatic carbocycles. The van der Waals surface area contributed by atoms with Crippen molar-refractivity contribution in [2.75, 3.05) is 39.3 Å². The van der Waals surface area contributed by atoms with Crippen LogP contribution < -0.4 is 10.2 Å². The number of hydrogen-bond acceptors (Lipinski definition) is 4. The fourth-order valence-electron chi connectivity index (χ4n) is 2.55. The summed E-state index contributed by atoms with van der Waals surface area (Å²) in [6, 6.07) is 8.48. The summed E-state index contributed by atoms with van der Waals surface area (Å²) in [5.41, 5.74) is 2.58. The molecule has 1 saturated heterocycles. The van der Waals surface area contributed by atoms with Gasteiger partial charge in [0.1, 0.15) is 12.2 Å². The predicted molar refractivity (Wildman–Crippen MR) is 73.0 cm³/mol. The number of benzene rings is 1. The number of nitrogens with zero attached hydrogens (tertiary/aromatic N) is 1. The molecule has 2 unspecified atom stereocenters. The Bertz CT molecular complexity index is 372. The quantitative estimate of drug-likeness (QED) is 0.853. The number of hydrogen-bond donors (Lipinski definition) is 1. The summed E-state index contributed by atoms with van der Waals surface area (Å²) < 4.78 is 11.0. The van der Waals surface area contributed by atoms with Crippen LogP contribution >= 0.6 is 0 Å². The molecule has 1 aliphatic rings. The molecule has 4 heteroatoms. The Morgan fingerprint density at radius 1 is 1.17 bits per heavy atom. The predicted octanol–water partition coefficient (Wildman–Crippen LogP) is 1.26. The summed E-state index contributed by atoms with van der Waals surface area (Å²) in [7, 11) is 5.47. The Hall–Kier alpha value is -1.10. The van der Waals surface area contributed by atoms with Gasteiger partial charge >= 0.3 is 0 Å². The maximum Gasteiger partial charge on any atom is 0.102 e. The van der Waals surface area contributed by atoms with Crippen LogP contribution in [0.25, 0.3) is 0 Å². The van der Waals surface area contributed by atoms with Crippen LogP contribution in [0.4, 0.5) is 5.69 Å². The van der Waals surface area contributed by atoms with Crippen LogP contribution in [0.15, 0.2) is 24.3 Å². The van der Waals surface area contributed by atoms with E-state index in [1.807, 2.05) is 7.05 Å². The monoisotopic (exact) mass is 250 g/mol. The molecular weight excluding hydrogens is 228 g/mol. The molecular formula is C14H22N2O2. The van der Waals surface area contributed by atoms with Crippen molar-refractivity contribution in [1.29, 1.82) is 0 Å². The lowest BCUT2D eigenvalue weighted by Crippen LogP contribution is -2.27. The standard InChI is InChI=1S/C14H22N2O2/c1-15-8-11-6-4-5-7-12(11)16-9-13(17-2)14(10-16)18-3/h4-7,13-15H,8-10H2,1-3H3. The molecule has 100 valence electrons. The van der Waals surface area contributed by atoms with E-state index in [2.05, 4.69) is 34.5 Å². The van der Waals surface area contributed by atoms with Crippen molar-refractivity contribution < 1.29 is 9.47 Å². The van der Waals surface area contributed by atoms with Crippen LogP contribution in [-0.4, -0.2) is 46.6 Å². The molecule has 1 heterocycles. The van der Waals surface area contributed by atoms with Gasteiger partial charge in [-0.05, 0) is 18.7 Å². The Morgan fingerprint density at radius 3 is 2.33 bits per heavy atom. The minimum Gasteiger partial charge on any atom is -0.377 e. The first-order valence-corrected chi connectivity index (χ1v) is 6.33. The Morgan fingerprint density at radius 2 is 1.78 bits per heavy atom. The lowest BCUT2D eigenvalue weighted by molar-refractivity contribution is -0.00461. The molecule has 0 aliphatic carbocycles. The van der Waals surface area contributed by atoms with Crippen LogP contribution in [0.1, 0.15) is 5.56 Å². The third-order valence-electron chi connectivity index (χ3n) is 3.52. The number of methoxy groups -OCH3 is 2. The third kappa shape index (κ3) is 2.66. The summed E-state index contributed by atoms with van der Waals surface area (Å²) in [5.74, 6) is 0. The molecule has 0 radical (unpaired) electrons. The molecule has 0 aromatic heterocycles. The molecule has 2 atom stereocenters. The minimum absolute atomic E-state index is 0.151. The Balaban J connectivity index is 2.17. The summed E-state index contributed by atoms with van der Waals surface area (Å²) in [6.07, 6.45) is 0.301. The van der Waals surface area contributed by atoms with Gasteiger partial charge in [0.25, 0.3) is 0 Å². The molecule has 0 saturated carbocycles. The van der Waals surface area contributed by atoms with Gasteiger partial charge in [-0.1, -0.05) is 18.2 Å². The number of ether oxygens (including phenoxy) is 2. The smallest absolute Gasteiger partial charge is 0.102 e. The maximum absolute atomic E-state index is 5.48. The van der Waals surface area contributed by atoms with Crippen LogP contribution in [-0.2, 0) is 16.0 Å². The van der Waals surface area contributed by atoms with Crippen LogP contribution in [0.2, 0.25) is 0 Å². The van der Waals surface area contributed by atoms with E-state index in [0.717, 1.165) is 19.6 Å². The van der Waals surface area contributed by atoms with Crippen molar-refractivity contribution in [1.82, 2.24) is 5.32 Å². The molecule has 1 aromatic rings. The van der Waals surface area contributed by atoms with Crippen LogP contribution in [0.5, 0.6) is 0 Å². The van der Waals surface area contributed by atoms with E-state index in [1.165, 1.54) is 11.3 Å².